The Morgan fingerprint density at radius 1 is 1.26 bits per heavy atom. The number of piperidine rings is 1. The SMILES string of the molecule is CC(=O)N1C[C@H]2CC[C@@H](C1)N(S(=O)(=O)c1ccc(F)cc1Cl)C2. The summed E-state index contributed by atoms with van der Waals surface area (Å²) in [7, 11) is -3.82. The van der Waals surface area contributed by atoms with Gasteiger partial charge in [-0.15, -0.1) is 0 Å². The quantitative estimate of drug-likeness (QED) is 0.811. The maximum Gasteiger partial charge on any atom is 0.244 e. The van der Waals surface area contributed by atoms with E-state index in [1.54, 1.807) is 4.90 Å². The molecular weight excluding hydrogens is 343 g/mol. The molecule has 0 radical (unpaired) electrons. The minimum Gasteiger partial charge on any atom is -0.341 e. The molecule has 3 fully saturated rings. The Bertz CT molecular complexity index is 740. The first kappa shape index (κ1) is 16.7. The minimum atomic E-state index is -3.82. The molecule has 2 atom stereocenters. The maximum absolute atomic E-state index is 13.2. The number of sulfonamides is 1. The molecule has 0 unspecified atom stereocenters. The van der Waals surface area contributed by atoms with Gasteiger partial charge in [-0.2, -0.15) is 4.31 Å². The van der Waals surface area contributed by atoms with Crippen molar-refractivity contribution in [1.29, 1.82) is 0 Å². The van der Waals surface area contributed by atoms with Gasteiger partial charge in [-0.25, -0.2) is 12.8 Å². The van der Waals surface area contributed by atoms with E-state index in [2.05, 4.69) is 0 Å². The molecule has 4 rings (SSSR count). The Morgan fingerprint density at radius 2 is 2.00 bits per heavy atom. The molecule has 1 aromatic carbocycles. The zero-order valence-electron chi connectivity index (χ0n) is 12.7. The van der Waals surface area contributed by atoms with Crippen LogP contribution in [0.15, 0.2) is 23.1 Å². The lowest BCUT2D eigenvalue weighted by molar-refractivity contribution is -0.129. The summed E-state index contributed by atoms with van der Waals surface area (Å²) in [5, 5.41) is -0.117. The van der Waals surface area contributed by atoms with Crippen LogP contribution in [0.3, 0.4) is 0 Å². The molecular formula is C15H18ClFN2O3S. The molecule has 8 heteroatoms. The summed E-state index contributed by atoms with van der Waals surface area (Å²) in [6.07, 6.45) is 1.62. The van der Waals surface area contributed by atoms with Gasteiger partial charge in [0.15, 0.2) is 0 Å². The number of benzene rings is 1. The Hall–Kier alpha value is -1.18. The van der Waals surface area contributed by atoms with E-state index in [9.17, 15) is 17.6 Å². The Balaban J connectivity index is 1.96. The van der Waals surface area contributed by atoms with Gasteiger partial charge in [-0.05, 0) is 37.0 Å². The van der Waals surface area contributed by atoms with Crippen molar-refractivity contribution in [3.8, 4) is 0 Å². The first-order valence-electron chi connectivity index (χ1n) is 7.51. The molecule has 1 amide bonds. The fourth-order valence-corrected chi connectivity index (χ4v) is 5.63. The summed E-state index contributed by atoms with van der Waals surface area (Å²) in [6, 6.07) is 3.04. The summed E-state index contributed by atoms with van der Waals surface area (Å²) in [5.74, 6) is -0.498. The minimum absolute atomic E-state index is 0.0408. The smallest absolute Gasteiger partial charge is 0.244 e. The summed E-state index contributed by atoms with van der Waals surface area (Å²) >= 11 is 5.94. The van der Waals surface area contributed by atoms with Gasteiger partial charge >= 0.3 is 0 Å². The van der Waals surface area contributed by atoms with Gasteiger partial charge in [0.05, 0.1) is 5.02 Å². The third-order valence-electron chi connectivity index (χ3n) is 4.59. The number of amides is 1. The molecule has 3 aliphatic rings. The van der Waals surface area contributed by atoms with Crippen molar-refractivity contribution in [2.75, 3.05) is 19.6 Å². The lowest BCUT2D eigenvalue weighted by Crippen LogP contribution is -2.47. The second kappa shape index (κ2) is 6.03. The summed E-state index contributed by atoms with van der Waals surface area (Å²) < 4.78 is 40.5. The molecule has 23 heavy (non-hydrogen) atoms. The monoisotopic (exact) mass is 360 g/mol. The lowest BCUT2D eigenvalue weighted by Gasteiger charge is -2.35. The summed E-state index contributed by atoms with van der Waals surface area (Å²) in [4.78, 5) is 13.3. The predicted molar refractivity (Wildman–Crippen MR) is 84.1 cm³/mol. The van der Waals surface area contributed by atoms with E-state index in [1.165, 1.54) is 17.3 Å². The van der Waals surface area contributed by atoms with Gasteiger partial charge in [0.25, 0.3) is 0 Å². The second-order valence-electron chi connectivity index (χ2n) is 6.17. The van der Waals surface area contributed by atoms with E-state index >= 15 is 0 Å². The van der Waals surface area contributed by atoms with Crippen LogP contribution in [-0.2, 0) is 14.8 Å². The van der Waals surface area contributed by atoms with Gasteiger partial charge in [0.1, 0.15) is 10.7 Å². The summed E-state index contributed by atoms with van der Waals surface area (Å²) in [6.45, 7) is 2.84. The number of rotatable bonds is 2. The molecule has 0 aromatic heterocycles. The largest absolute Gasteiger partial charge is 0.341 e. The molecule has 3 heterocycles. The van der Waals surface area contributed by atoms with Crippen LogP contribution < -0.4 is 0 Å². The van der Waals surface area contributed by atoms with E-state index in [-0.39, 0.29) is 27.8 Å². The van der Waals surface area contributed by atoms with Crippen LogP contribution in [0.25, 0.3) is 0 Å². The lowest BCUT2D eigenvalue weighted by atomic mass is 9.97. The summed E-state index contributed by atoms with van der Waals surface area (Å²) in [5.41, 5.74) is 0. The zero-order chi connectivity index (χ0) is 16.8. The second-order valence-corrected chi connectivity index (χ2v) is 8.44. The molecule has 0 saturated carbocycles. The molecule has 5 nitrogen and oxygen atoms in total. The Morgan fingerprint density at radius 3 is 2.65 bits per heavy atom. The number of hydrogen-bond acceptors (Lipinski definition) is 3. The molecule has 0 aliphatic carbocycles. The topological polar surface area (TPSA) is 57.7 Å². The molecule has 0 N–H and O–H groups in total. The molecule has 3 aliphatic heterocycles. The highest BCUT2D eigenvalue weighted by Crippen LogP contribution is 2.34. The standard InChI is InChI=1S/C15H18ClFN2O3S/c1-10(20)18-7-11-2-4-13(9-18)19(8-11)23(21,22)15-5-3-12(17)6-14(15)16/h3,5-6,11,13H,2,4,7-9H2,1H3/t11-,13+/m1/s1. The normalized spacial score (nSPS) is 25.4. The molecule has 2 bridgehead atoms. The van der Waals surface area contributed by atoms with Crippen molar-refractivity contribution in [1.82, 2.24) is 9.21 Å². The van der Waals surface area contributed by atoms with E-state index in [4.69, 9.17) is 11.6 Å². The van der Waals surface area contributed by atoms with Gasteiger partial charge in [-0.1, -0.05) is 11.6 Å². The number of hydrogen-bond donors (Lipinski definition) is 0. The van der Waals surface area contributed by atoms with Crippen LogP contribution >= 0.6 is 11.6 Å². The van der Waals surface area contributed by atoms with Crippen molar-refractivity contribution in [2.45, 2.75) is 30.7 Å². The zero-order valence-corrected chi connectivity index (χ0v) is 14.3. The third kappa shape index (κ3) is 3.09. The van der Waals surface area contributed by atoms with Gasteiger partial charge in [0.2, 0.25) is 15.9 Å². The van der Waals surface area contributed by atoms with E-state index in [0.717, 1.165) is 18.6 Å². The molecule has 126 valence electrons. The number of carbonyl (C=O) groups excluding carboxylic acids is 1. The first-order valence-corrected chi connectivity index (χ1v) is 9.33. The van der Waals surface area contributed by atoms with Gasteiger partial charge in [-0.3, -0.25) is 4.79 Å². The van der Waals surface area contributed by atoms with Gasteiger partial charge in [0, 0.05) is 32.6 Å². The number of halogens is 2. The number of fused-ring (bicyclic) bond motifs is 4. The van der Waals surface area contributed by atoms with E-state index in [0.29, 0.717) is 26.1 Å². The third-order valence-corrected chi connectivity index (χ3v) is 6.99. The highest BCUT2D eigenvalue weighted by atomic mass is 35.5. The maximum atomic E-state index is 13.2. The number of carbonyl (C=O) groups is 1. The van der Waals surface area contributed by atoms with Crippen molar-refractivity contribution in [3.63, 3.8) is 0 Å². The molecule has 0 spiro atoms. The highest BCUT2D eigenvalue weighted by Gasteiger charge is 2.42. The Labute approximate surface area is 140 Å². The Kier molecular flexibility index (Phi) is 4.37. The average molecular weight is 361 g/mol. The van der Waals surface area contributed by atoms with Crippen LogP contribution in [-0.4, -0.2) is 49.2 Å². The predicted octanol–water partition coefficient (Wildman–Crippen LogP) is 2.11. The van der Waals surface area contributed by atoms with Crippen LogP contribution in [0.2, 0.25) is 5.02 Å². The molecule has 3 saturated heterocycles. The van der Waals surface area contributed by atoms with E-state index < -0.39 is 15.8 Å². The number of nitrogens with zero attached hydrogens (tertiary/aromatic N) is 2. The van der Waals surface area contributed by atoms with Crippen LogP contribution in [0.4, 0.5) is 4.39 Å². The van der Waals surface area contributed by atoms with E-state index in [1.807, 2.05) is 0 Å². The fraction of sp³-hybridized carbons (Fsp3) is 0.533. The van der Waals surface area contributed by atoms with Crippen LogP contribution in [0.5, 0.6) is 0 Å². The van der Waals surface area contributed by atoms with Crippen molar-refractivity contribution in [2.24, 2.45) is 5.92 Å². The van der Waals surface area contributed by atoms with Crippen LogP contribution in [0.1, 0.15) is 19.8 Å². The fourth-order valence-electron chi connectivity index (χ4n) is 3.40. The highest BCUT2D eigenvalue weighted by molar-refractivity contribution is 7.89. The molecule has 1 aromatic rings. The van der Waals surface area contributed by atoms with Crippen LogP contribution in [0, 0.1) is 11.7 Å². The van der Waals surface area contributed by atoms with Crippen molar-refractivity contribution >= 4 is 27.5 Å². The van der Waals surface area contributed by atoms with Gasteiger partial charge < -0.3 is 4.90 Å². The van der Waals surface area contributed by atoms with Crippen molar-refractivity contribution in [3.05, 3.63) is 29.0 Å². The average Bonchev–Trinajstić information content (AvgIpc) is 2.78. The first-order chi connectivity index (χ1) is 10.8. The van der Waals surface area contributed by atoms with Crippen molar-refractivity contribution < 1.29 is 17.6 Å².